The summed E-state index contributed by atoms with van der Waals surface area (Å²) in [6.07, 6.45) is -5.61. The van der Waals surface area contributed by atoms with Crippen LogP contribution in [0.5, 0.6) is 0 Å². The lowest BCUT2D eigenvalue weighted by Crippen LogP contribution is -2.11. The van der Waals surface area contributed by atoms with Crippen LogP contribution in [0, 0.1) is 0 Å². The van der Waals surface area contributed by atoms with Crippen LogP contribution in [0.1, 0.15) is 31.4 Å². The largest absolute Gasteiger partial charge is 0.466 e. The molecule has 0 radical (unpaired) electrons. The molecule has 0 bridgehead atoms. The molecule has 0 aliphatic rings. The first kappa shape index (κ1) is 18.7. The molecular weight excluding hydrogens is 315 g/mol. The Morgan fingerprint density at radius 2 is 1.91 bits per heavy atom. The minimum absolute atomic E-state index is 0.160. The van der Waals surface area contributed by atoms with Crippen LogP contribution in [0.3, 0.4) is 0 Å². The highest BCUT2D eigenvalue weighted by molar-refractivity contribution is 6.01. The van der Waals surface area contributed by atoms with Crippen LogP contribution in [0.25, 0.3) is 0 Å². The normalized spacial score (nSPS) is 12.0. The Morgan fingerprint density at radius 3 is 2.52 bits per heavy atom. The molecule has 0 fully saturated rings. The second-order valence-corrected chi connectivity index (χ2v) is 4.58. The molecule has 0 spiro atoms. The number of alkyl halides is 3. The third-order valence-corrected chi connectivity index (χ3v) is 2.60. The van der Waals surface area contributed by atoms with Crippen molar-refractivity contribution in [3.8, 4) is 0 Å². The van der Waals surface area contributed by atoms with E-state index in [0.29, 0.717) is 0 Å². The summed E-state index contributed by atoms with van der Waals surface area (Å²) in [5.41, 5.74) is -0.447. The summed E-state index contributed by atoms with van der Waals surface area (Å²) < 4.78 is 47.1. The van der Waals surface area contributed by atoms with Crippen LogP contribution in [0.4, 0.5) is 18.0 Å². The SMILES string of the molecule is CCOC(=O)CC(C)=NC(=O)OCc1cccc(C(F)(F)F)c1. The van der Waals surface area contributed by atoms with E-state index in [1.54, 1.807) is 6.92 Å². The quantitative estimate of drug-likeness (QED) is 0.609. The lowest BCUT2D eigenvalue weighted by atomic mass is 10.1. The van der Waals surface area contributed by atoms with Crippen molar-refractivity contribution in [2.75, 3.05) is 6.61 Å². The number of carbonyl (C=O) groups excluding carboxylic acids is 2. The molecular formula is C15H16F3NO4. The predicted molar refractivity (Wildman–Crippen MR) is 76.0 cm³/mol. The molecule has 0 aliphatic carbocycles. The van der Waals surface area contributed by atoms with Crippen molar-refractivity contribution in [3.05, 3.63) is 35.4 Å². The molecule has 1 rings (SSSR count). The van der Waals surface area contributed by atoms with E-state index < -0.39 is 23.8 Å². The number of aliphatic imine (C=N–C) groups is 1. The highest BCUT2D eigenvalue weighted by atomic mass is 19.4. The van der Waals surface area contributed by atoms with Crippen LogP contribution >= 0.6 is 0 Å². The molecule has 0 atom stereocenters. The fraction of sp³-hybridized carbons (Fsp3) is 0.400. The number of nitrogens with zero attached hydrogens (tertiary/aromatic N) is 1. The first-order chi connectivity index (χ1) is 10.7. The van der Waals surface area contributed by atoms with Gasteiger partial charge in [0.2, 0.25) is 0 Å². The molecule has 0 saturated heterocycles. The van der Waals surface area contributed by atoms with Crippen molar-refractivity contribution in [2.45, 2.75) is 33.1 Å². The third kappa shape index (κ3) is 6.94. The first-order valence-electron chi connectivity index (χ1n) is 6.75. The van der Waals surface area contributed by atoms with Gasteiger partial charge in [0.1, 0.15) is 6.61 Å². The molecule has 0 unspecified atom stereocenters. The van der Waals surface area contributed by atoms with Crippen LogP contribution < -0.4 is 0 Å². The molecule has 126 valence electrons. The molecule has 5 nitrogen and oxygen atoms in total. The molecule has 0 heterocycles. The minimum Gasteiger partial charge on any atom is -0.466 e. The highest BCUT2D eigenvalue weighted by Crippen LogP contribution is 2.29. The number of carbonyl (C=O) groups is 2. The number of ether oxygens (including phenoxy) is 2. The molecule has 1 aromatic rings. The summed E-state index contributed by atoms with van der Waals surface area (Å²) in [4.78, 5) is 26.2. The van der Waals surface area contributed by atoms with E-state index in [4.69, 9.17) is 9.47 Å². The Kier molecular flexibility index (Phi) is 6.74. The monoisotopic (exact) mass is 331 g/mol. The molecule has 1 amide bonds. The van der Waals surface area contributed by atoms with Crippen molar-refractivity contribution < 1.29 is 32.2 Å². The Balaban J connectivity index is 2.58. The van der Waals surface area contributed by atoms with Gasteiger partial charge in [0, 0.05) is 5.71 Å². The van der Waals surface area contributed by atoms with E-state index in [1.807, 2.05) is 0 Å². The predicted octanol–water partition coefficient (Wildman–Crippen LogP) is 3.76. The van der Waals surface area contributed by atoms with Gasteiger partial charge < -0.3 is 9.47 Å². The maximum Gasteiger partial charge on any atom is 0.433 e. The Labute approximate surface area is 131 Å². The zero-order valence-corrected chi connectivity index (χ0v) is 12.6. The number of halogens is 3. The summed E-state index contributed by atoms with van der Waals surface area (Å²) in [6, 6.07) is 4.44. The molecule has 0 saturated carbocycles. The summed E-state index contributed by atoms with van der Waals surface area (Å²) in [7, 11) is 0. The van der Waals surface area contributed by atoms with E-state index in [-0.39, 0.29) is 30.9 Å². The number of benzene rings is 1. The maximum absolute atomic E-state index is 12.5. The zero-order valence-electron chi connectivity index (χ0n) is 12.6. The van der Waals surface area contributed by atoms with Crippen LogP contribution in [0.15, 0.2) is 29.3 Å². The van der Waals surface area contributed by atoms with Gasteiger partial charge in [-0.15, -0.1) is 0 Å². The minimum atomic E-state index is -4.46. The lowest BCUT2D eigenvalue weighted by Gasteiger charge is -2.08. The van der Waals surface area contributed by atoms with E-state index >= 15 is 0 Å². The molecule has 23 heavy (non-hydrogen) atoms. The number of hydrogen-bond donors (Lipinski definition) is 0. The van der Waals surface area contributed by atoms with E-state index in [9.17, 15) is 22.8 Å². The van der Waals surface area contributed by atoms with Crippen molar-refractivity contribution in [2.24, 2.45) is 4.99 Å². The smallest absolute Gasteiger partial charge is 0.433 e. The molecule has 8 heteroatoms. The van der Waals surface area contributed by atoms with Crippen LogP contribution in [-0.4, -0.2) is 24.4 Å². The molecule has 1 aromatic carbocycles. The number of hydrogen-bond acceptors (Lipinski definition) is 4. The maximum atomic E-state index is 12.5. The fourth-order valence-electron chi connectivity index (χ4n) is 1.63. The fourth-order valence-corrected chi connectivity index (χ4v) is 1.63. The van der Waals surface area contributed by atoms with E-state index in [2.05, 4.69) is 4.99 Å². The van der Waals surface area contributed by atoms with E-state index in [0.717, 1.165) is 12.1 Å². The van der Waals surface area contributed by atoms with Gasteiger partial charge in [0.25, 0.3) is 0 Å². The topological polar surface area (TPSA) is 65.0 Å². The summed E-state index contributed by atoms with van der Waals surface area (Å²) in [5, 5.41) is 0. The summed E-state index contributed by atoms with van der Waals surface area (Å²) >= 11 is 0. The standard InChI is InChI=1S/C15H16F3NO4/c1-3-22-13(20)7-10(2)19-14(21)23-9-11-5-4-6-12(8-11)15(16,17)18/h4-6,8H,3,7,9H2,1-2H3. The second kappa shape index (κ2) is 8.30. The van der Waals surface area contributed by atoms with Crippen molar-refractivity contribution >= 4 is 17.8 Å². The van der Waals surface area contributed by atoms with Gasteiger partial charge >= 0.3 is 18.2 Å². The number of amides is 1. The molecule has 0 aromatic heterocycles. The van der Waals surface area contributed by atoms with Gasteiger partial charge in [-0.3, -0.25) is 4.79 Å². The van der Waals surface area contributed by atoms with Gasteiger partial charge in [-0.1, -0.05) is 12.1 Å². The van der Waals surface area contributed by atoms with Gasteiger partial charge in [-0.25, -0.2) is 4.79 Å². The van der Waals surface area contributed by atoms with Crippen molar-refractivity contribution in [3.63, 3.8) is 0 Å². The Bertz CT molecular complexity index is 597. The lowest BCUT2D eigenvalue weighted by molar-refractivity contribution is -0.141. The van der Waals surface area contributed by atoms with Crippen molar-refractivity contribution in [1.29, 1.82) is 0 Å². The second-order valence-electron chi connectivity index (χ2n) is 4.58. The summed E-state index contributed by atoms with van der Waals surface area (Å²) in [5.74, 6) is -0.528. The number of esters is 1. The highest BCUT2D eigenvalue weighted by Gasteiger charge is 2.30. The average Bonchev–Trinajstić information content (AvgIpc) is 2.44. The van der Waals surface area contributed by atoms with Crippen LogP contribution in [-0.2, 0) is 27.1 Å². The van der Waals surface area contributed by atoms with Crippen LogP contribution in [0.2, 0.25) is 0 Å². The third-order valence-electron chi connectivity index (χ3n) is 2.60. The van der Waals surface area contributed by atoms with Gasteiger partial charge in [0.05, 0.1) is 18.6 Å². The van der Waals surface area contributed by atoms with Crippen molar-refractivity contribution in [1.82, 2.24) is 0 Å². The molecule has 0 N–H and O–H groups in total. The Morgan fingerprint density at radius 1 is 1.22 bits per heavy atom. The molecule has 0 aliphatic heterocycles. The average molecular weight is 331 g/mol. The number of rotatable bonds is 5. The van der Waals surface area contributed by atoms with Gasteiger partial charge in [-0.2, -0.15) is 18.2 Å². The van der Waals surface area contributed by atoms with Gasteiger partial charge in [-0.05, 0) is 31.5 Å². The summed E-state index contributed by atoms with van der Waals surface area (Å²) in [6.45, 7) is 2.96. The van der Waals surface area contributed by atoms with Gasteiger partial charge in [0.15, 0.2) is 0 Å². The zero-order chi connectivity index (χ0) is 17.5. The Hall–Kier alpha value is -2.38. The van der Waals surface area contributed by atoms with E-state index in [1.165, 1.54) is 19.1 Å². The first-order valence-corrected chi connectivity index (χ1v) is 6.75.